The summed E-state index contributed by atoms with van der Waals surface area (Å²) < 4.78 is 5.57. The molecule has 3 aromatic rings. The summed E-state index contributed by atoms with van der Waals surface area (Å²) in [5, 5.41) is 10.6. The van der Waals surface area contributed by atoms with E-state index in [1.54, 1.807) is 54.9 Å². The lowest BCUT2D eigenvalue weighted by molar-refractivity contribution is 0.102. The summed E-state index contributed by atoms with van der Waals surface area (Å²) in [6, 6.07) is 13.8. The Morgan fingerprint density at radius 3 is 2.35 bits per heavy atom. The van der Waals surface area contributed by atoms with Gasteiger partial charge in [0, 0.05) is 29.7 Å². The molecule has 0 aliphatic rings. The van der Waals surface area contributed by atoms with Gasteiger partial charge in [0.15, 0.2) is 0 Å². The van der Waals surface area contributed by atoms with Gasteiger partial charge in [0.1, 0.15) is 5.75 Å². The SMILES string of the molecule is Cc1ccc(Oc2ccc(C(=O)Nc3ccncc3)cc2)nn1. The Labute approximate surface area is 133 Å². The van der Waals surface area contributed by atoms with E-state index in [2.05, 4.69) is 20.5 Å². The van der Waals surface area contributed by atoms with Gasteiger partial charge < -0.3 is 10.1 Å². The minimum atomic E-state index is -0.196. The molecule has 1 aromatic carbocycles. The number of rotatable bonds is 4. The Morgan fingerprint density at radius 2 is 1.70 bits per heavy atom. The van der Waals surface area contributed by atoms with E-state index < -0.39 is 0 Å². The van der Waals surface area contributed by atoms with Crippen molar-refractivity contribution < 1.29 is 9.53 Å². The molecular formula is C17H14N4O2. The van der Waals surface area contributed by atoms with Crippen LogP contribution in [-0.4, -0.2) is 21.1 Å². The topological polar surface area (TPSA) is 77.0 Å². The Kier molecular flexibility index (Phi) is 4.24. The van der Waals surface area contributed by atoms with E-state index in [1.807, 2.05) is 13.0 Å². The molecule has 0 aliphatic heterocycles. The number of amides is 1. The summed E-state index contributed by atoms with van der Waals surface area (Å²) >= 11 is 0. The molecule has 0 bridgehead atoms. The van der Waals surface area contributed by atoms with Gasteiger partial charge in [-0.25, -0.2) is 0 Å². The molecule has 0 spiro atoms. The Morgan fingerprint density at radius 1 is 0.957 bits per heavy atom. The summed E-state index contributed by atoms with van der Waals surface area (Å²) in [7, 11) is 0. The summed E-state index contributed by atoms with van der Waals surface area (Å²) in [5.41, 5.74) is 2.05. The highest BCUT2D eigenvalue weighted by Gasteiger charge is 2.07. The van der Waals surface area contributed by atoms with Crippen molar-refractivity contribution >= 4 is 11.6 Å². The highest BCUT2D eigenvalue weighted by atomic mass is 16.5. The van der Waals surface area contributed by atoms with Crippen molar-refractivity contribution in [1.29, 1.82) is 0 Å². The van der Waals surface area contributed by atoms with Crippen molar-refractivity contribution in [1.82, 2.24) is 15.2 Å². The average molecular weight is 306 g/mol. The number of aromatic nitrogens is 3. The lowest BCUT2D eigenvalue weighted by atomic mass is 10.2. The lowest BCUT2D eigenvalue weighted by Gasteiger charge is -2.07. The van der Waals surface area contributed by atoms with E-state index in [0.29, 0.717) is 22.9 Å². The van der Waals surface area contributed by atoms with E-state index >= 15 is 0 Å². The third-order valence-electron chi connectivity index (χ3n) is 3.05. The summed E-state index contributed by atoms with van der Waals surface area (Å²) in [6.07, 6.45) is 3.24. The Hall–Kier alpha value is -3.28. The van der Waals surface area contributed by atoms with Crippen molar-refractivity contribution in [3.05, 3.63) is 72.2 Å². The fraction of sp³-hybridized carbons (Fsp3) is 0.0588. The molecule has 0 saturated heterocycles. The molecule has 0 unspecified atom stereocenters. The molecule has 23 heavy (non-hydrogen) atoms. The Balaban J connectivity index is 1.66. The number of pyridine rings is 1. The van der Waals surface area contributed by atoms with Crippen LogP contribution in [-0.2, 0) is 0 Å². The molecule has 1 N–H and O–H groups in total. The molecule has 6 heteroatoms. The van der Waals surface area contributed by atoms with E-state index in [1.165, 1.54) is 0 Å². The maximum atomic E-state index is 12.1. The van der Waals surface area contributed by atoms with Crippen LogP contribution in [0, 0.1) is 6.92 Å². The fourth-order valence-corrected chi connectivity index (χ4v) is 1.87. The van der Waals surface area contributed by atoms with Gasteiger partial charge in [0.25, 0.3) is 5.91 Å². The number of carbonyl (C=O) groups excluding carboxylic acids is 1. The second-order valence-corrected chi connectivity index (χ2v) is 4.83. The predicted octanol–water partition coefficient (Wildman–Crippen LogP) is 3.22. The minimum absolute atomic E-state index is 0.196. The molecule has 3 rings (SSSR count). The maximum absolute atomic E-state index is 12.1. The van der Waals surface area contributed by atoms with Gasteiger partial charge in [-0.05, 0) is 49.4 Å². The van der Waals surface area contributed by atoms with Crippen LogP contribution in [0.15, 0.2) is 60.9 Å². The number of carbonyl (C=O) groups is 1. The zero-order chi connectivity index (χ0) is 16.1. The van der Waals surface area contributed by atoms with Crippen molar-refractivity contribution in [2.75, 3.05) is 5.32 Å². The monoisotopic (exact) mass is 306 g/mol. The van der Waals surface area contributed by atoms with Gasteiger partial charge in [-0.1, -0.05) is 0 Å². The standard InChI is InChI=1S/C17H14N4O2/c1-12-2-7-16(21-20-12)23-15-5-3-13(4-6-15)17(22)19-14-8-10-18-11-9-14/h2-11H,1H3,(H,18,19,22). The first kappa shape index (κ1) is 14.6. The maximum Gasteiger partial charge on any atom is 0.255 e. The molecule has 0 aliphatic carbocycles. The number of hydrogen-bond donors (Lipinski definition) is 1. The van der Waals surface area contributed by atoms with E-state index in [4.69, 9.17) is 4.74 Å². The third-order valence-corrected chi connectivity index (χ3v) is 3.05. The number of nitrogens with one attached hydrogen (secondary N) is 1. The van der Waals surface area contributed by atoms with Crippen LogP contribution in [0.1, 0.15) is 16.1 Å². The fourth-order valence-electron chi connectivity index (χ4n) is 1.87. The first-order valence-corrected chi connectivity index (χ1v) is 7.00. The van der Waals surface area contributed by atoms with Gasteiger partial charge >= 0.3 is 0 Å². The van der Waals surface area contributed by atoms with Crippen LogP contribution < -0.4 is 10.1 Å². The highest BCUT2D eigenvalue weighted by Crippen LogP contribution is 2.19. The van der Waals surface area contributed by atoms with Gasteiger partial charge in [0.2, 0.25) is 5.88 Å². The number of hydrogen-bond acceptors (Lipinski definition) is 5. The van der Waals surface area contributed by atoms with Crippen molar-refractivity contribution in [3.8, 4) is 11.6 Å². The zero-order valence-electron chi connectivity index (χ0n) is 12.4. The predicted molar refractivity (Wildman–Crippen MR) is 85.5 cm³/mol. The second-order valence-electron chi connectivity index (χ2n) is 4.83. The van der Waals surface area contributed by atoms with E-state index in [0.717, 1.165) is 5.69 Å². The van der Waals surface area contributed by atoms with E-state index in [9.17, 15) is 4.79 Å². The van der Waals surface area contributed by atoms with Crippen LogP contribution in [0.3, 0.4) is 0 Å². The van der Waals surface area contributed by atoms with Crippen molar-refractivity contribution in [3.63, 3.8) is 0 Å². The first-order valence-electron chi connectivity index (χ1n) is 7.00. The summed E-state index contributed by atoms with van der Waals surface area (Å²) in [6.45, 7) is 1.85. The van der Waals surface area contributed by atoms with E-state index in [-0.39, 0.29) is 5.91 Å². The molecule has 1 amide bonds. The third kappa shape index (κ3) is 3.88. The van der Waals surface area contributed by atoms with Crippen molar-refractivity contribution in [2.24, 2.45) is 0 Å². The number of ether oxygens (including phenoxy) is 1. The van der Waals surface area contributed by atoms with Gasteiger partial charge in [-0.3, -0.25) is 9.78 Å². The quantitative estimate of drug-likeness (QED) is 0.800. The lowest BCUT2D eigenvalue weighted by Crippen LogP contribution is -2.11. The molecule has 114 valence electrons. The largest absolute Gasteiger partial charge is 0.438 e. The summed E-state index contributed by atoms with van der Waals surface area (Å²) in [4.78, 5) is 16.0. The molecule has 0 saturated carbocycles. The molecule has 0 fully saturated rings. The molecule has 6 nitrogen and oxygen atoms in total. The summed E-state index contributed by atoms with van der Waals surface area (Å²) in [5.74, 6) is 0.797. The molecular weight excluding hydrogens is 292 g/mol. The minimum Gasteiger partial charge on any atom is -0.438 e. The van der Waals surface area contributed by atoms with Crippen LogP contribution >= 0.6 is 0 Å². The number of anilines is 1. The first-order chi connectivity index (χ1) is 11.2. The average Bonchev–Trinajstić information content (AvgIpc) is 2.58. The normalized spacial score (nSPS) is 10.1. The van der Waals surface area contributed by atoms with Crippen LogP contribution in [0.5, 0.6) is 11.6 Å². The smallest absolute Gasteiger partial charge is 0.255 e. The van der Waals surface area contributed by atoms with Crippen molar-refractivity contribution in [2.45, 2.75) is 6.92 Å². The van der Waals surface area contributed by atoms with Crippen LogP contribution in [0.4, 0.5) is 5.69 Å². The number of aryl methyl sites for hydroxylation is 1. The van der Waals surface area contributed by atoms with Crippen LogP contribution in [0.2, 0.25) is 0 Å². The second kappa shape index (κ2) is 6.65. The zero-order valence-corrected chi connectivity index (χ0v) is 12.4. The molecule has 2 aromatic heterocycles. The van der Waals surface area contributed by atoms with Gasteiger partial charge in [-0.15, -0.1) is 5.10 Å². The highest BCUT2D eigenvalue weighted by molar-refractivity contribution is 6.04. The molecule has 2 heterocycles. The van der Waals surface area contributed by atoms with Crippen LogP contribution in [0.25, 0.3) is 0 Å². The Bertz CT molecular complexity index is 787. The number of benzene rings is 1. The number of nitrogens with zero attached hydrogens (tertiary/aromatic N) is 3. The molecule has 0 atom stereocenters. The van der Waals surface area contributed by atoms with Gasteiger partial charge in [0.05, 0.1) is 5.69 Å². The van der Waals surface area contributed by atoms with Gasteiger partial charge in [-0.2, -0.15) is 5.10 Å². The molecule has 0 radical (unpaired) electrons.